The van der Waals surface area contributed by atoms with Crippen LogP contribution >= 0.6 is 0 Å². The van der Waals surface area contributed by atoms with Crippen molar-refractivity contribution in [3.8, 4) is 0 Å². The summed E-state index contributed by atoms with van der Waals surface area (Å²) in [7, 11) is -2.65. The Morgan fingerprint density at radius 1 is 0.917 bits per heavy atom. The summed E-state index contributed by atoms with van der Waals surface area (Å²) in [4.78, 5) is 0. The van der Waals surface area contributed by atoms with Gasteiger partial charge < -0.3 is 0 Å². The van der Waals surface area contributed by atoms with Crippen molar-refractivity contribution >= 4 is 9.84 Å². The van der Waals surface area contributed by atoms with Gasteiger partial charge in [-0.15, -0.1) is 0 Å². The zero-order valence-electron chi connectivity index (χ0n) is 7.33. The van der Waals surface area contributed by atoms with Crippen molar-refractivity contribution in [3.63, 3.8) is 0 Å². The van der Waals surface area contributed by atoms with E-state index < -0.39 is 9.84 Å². The lowest BCUT2D eigenvalue weighted by atomic mass is 9.79. The Morgan fingerprint density at radius 2 is 1.58 bits per heavy atom. The predicted molar refractivity (Wildman–Crippen MR) is 48.7 cm³/mol. The highest BCUT2D eigenvalue weighted by molar-refractivity contribution is 7.91. The van der Waals surface area contributed by atoms with Gasteiger partial charge in [0, 0.05) is 0 Å². The minimum atomic E-state index is -2.65. The molecule has 1 heterocycles. The lowest BCUT2D eigenvalue weighted by Crippen LogP contribution is -2.34. The molecule has 0 aromatic carbocycles. The molecule has 0 bridgehead atoms. The maximum atomic E-state index is 11.3. The van der Waals surface area contributed by atoms with Crippen LogP contribution in [0.25, 0.3) is 0 Å². The summed E-state index contributed by atoms with van der Waals surface area (Å²) in [5.41, 5.74) is 0. The molecule has 1 aliphatic carbocycles. The Balaban J connectivity index is 2.08. The molecule has 0 radical (unpaired) electrons. The molecule has 0 N–H and O–H groups in total. The van der Waals surface area contributed by atoms with Crippen LogP contribution in [0.3, 0.4) is 0 Å². The van der Waals surface area contributed by atoms with Crippen molar-refractivity contribution in [1.29, 1.82) is 0 Å². The quantitative estimate of drug-likeness (QED) is 0.579. The second-order valence-corrected chi connectivity index (χ2v) is 6.44. The standard InChI is InChI=1S/C9H16O2S/c10-12(11)6-5-8-3-1-2-4-9(8)7-12/h8-9H,1-7H2/t8-,9+/m1/s1. The fourth-order valence-electron chi connectivity index (χ4n) is 2.62. The normalized spacial score (nSPS) is 40.3. The molecule has 2 atom stereocenters. The summed E-state index contributed by atoms with van der Waals surface area (Å²) in [5, 5.41) is 0. The average molecular weight is 188 g/mol. The van der Waals surface area contributed by atoms with E-state index in [4.69, 9.17) is 0 Å². The molecular formula is C9H16O2S. The van der Waals surface area contributed by atoms with Gasteiger partial charge >= 0.3 is 0 Å². The molecule has 2 rings (SSSR count). The summed E-state index contributed by atoms with van der Waals surface area (Å²) in [6.07, 6.45) is 5.94. The van der Waals surface area contributed by atoms with Crippen LogP contribution in [-0.4, -0.2) is 19.9 Å². The zero-order valence-corrected chi connectivity index (χ0v) is 8.15. The highest BCUT2D eigenvalue weighted by atomic mass is 32.2. The average Bonchev–Trinajstić information content (AvgIpc) is 2.02. The third-order valence-corrected chi connectivity index (χ3v) is 5.13. The molecule has 0 aromatic rings. The third-order valence-electron chi connectivity index (χ3n) is 3.33. The van der Waals surface area contributed by atoms with Crippen LogP contribution in [0, 0.1) is 11.8 Å². The highest BCUT2D eigenvalue weighted by Gasteiger charge is 2.34. The summed E-state index contributed by atoms with van der Waals surface area (Å²) in [5.74, 6) is 2.19. The van der Waals surface area contributed by atoms with Crippen molar-refractivity contribution in [2.75, 3.05) is 11.5 Å². The summed E-state index contributed by atoms with van der Waals surface area (Å²) in [6.45, 7) is 0. The van der Waals surface area contributed by atoms with E-state index in [0.717, 1.165) is 18.8 Å². The van der Waals surface area contributed by atoms with Crippen LogP contribution in [0.15, 0.2) is 0 Å². The van der Waals surface area contributed by atoms with Gasteiger partial charge in [-0.1, -0.05) is 19.3 Å². The van der Waals surface area contributed by atoms with Gasteiger partial charge in [0.05, 0.1) is 11.5 Å². The monoisotopic (exact) mass is 188 g/mol. The van der Waals surface area contributed by atoms with E-state index in [1.54, 1.807) is 0 Å². The lowest BCUT2D eigenvalue weighted by molar-refractivity contribution is 0.242. The fourth-order valence-corrected chi connectivity index (χ4v) is 4.54. The van der Waals surface area contributed by atoms with Gasteiger partial charge in [-0.3, -0.25) is 0 Å². The van der Waals surface area contributed by atoms with Gasteiger partial charge in [-0.25, -0.2) is 8.42 Å². The molecule has 0 amide bonds. The smallest absolute Gasteiger partial charge is 0.150 e. The van der Waals surface area contributed by atoms with Crippen LogP contribution in [0.2, 0.25) is 0 Å². The van der Waals surface area contributed by atoms with Gasteiger partial charge in [0.15, 0.2) is 9.84 Å². The highest BCUT2D eigenvalue weighted by Crippen LogP contribution is 2.36. The van der Waals surface area contributed by atoms with E-state index in [1.807, 2.05) is 0 Å². The van der Waals surface area contributed by atoms with E-state index in [2.05, 4.69) is 0 Å². The van der Waals surface area contributed by atoms with Crippen LogP contribution in [0.5, 0.6) is 0 Å². The third kappa shape index (κ3) is 1.65. The Bertz CT molecular complexity index is 256. The molecule has 3 heteroatoms. The van der Waals surface area contributed by atoms with Gasteiger partial charge in [0.2, 0.25) is 0 Å². The van der Waals surface area contributed by atoms with E-state index in [-0.39, 0.29) is 0 Å². The Morgan fingerprint density at radius 3 is 2.33 bits per heavy atom. The maximum absolute atomic E-state index is 11.3. The minimum Gasteiger partial charge on any atom is -0.229 e. The predicted octanol–water partition coefficient (Wildman–Crippen LogP) is 1.61. The second-order valence-electron chi connectivity index (χ2n) is 4.21. The topological polar surface area (TPSA) is 34.1 Å². The van der Waals surface area contributed by atoms with Crippen LogP contribution in [0.1, 0.15) is 32.1 Å². The van der Waals surface area contributed by atoms with Crippen molar-refractivity contribution in [2.24, 2.45) is 11.8 Å². The van der Waals surface area contributed by atoms with Gasteiger partial charge in [-0.05, 0) is 24.7 Å². The van der Waals surface area contributed by atoms with E-state index in [1.165, 1.54) is 19.3 Å². The molecular weight excluding hydrogens is 172 g/mol. The molecule has 2 aliphatic rings. The summed E-state index contributed by atoms with van der Waals surface area (Å²) < 4.78 is 22.6. The Kier molecular flexibility index (Phi) is 2.15. The van der Waals surface area contributed by atoms with E-state index in [0.29, 0.717) is 17.4 Å². The first-order chi connectivity index (χ1) is 5.67. The SMILES string of the molecule is O=S1(=O)CC[C@H]2CCCC[C@H]2C1. The largest absolute Gasteiger partial charge is 0.229 e. The molecule has 1 saturated carbocycles. The Labute approximate surface area is 74.3 Å². The van der Waals surface area contributed by atoms with Crippen LogP contribution in [-0.2, 0) is 9.84 Å². The van der Waals surface area contributed by atoms with Crippen LogP contribution < -0.4 is 0 Å². The fraction of sp³-hybridized carbons (Fsp3) is 1.00. The van der Waals surface area contributed by atoms with Crippen molar-refractivity contribution in [3.05, 3.63) is 0 Å². The van der Waals surface area contributed by atoms with Gasteiger partial charge in [0.25, 0.3) is 0 Å². The molecule has 12 heavy (non-hydrogen) atoms. The maximum Gasteiger partial charge on any atom is 0.150 e. The molecule has 0 unspecified atom stereocenters. The molecule has 0 spiro atoms. The summed E-state index contributed by atoms with van der Waals surface area (Å²) >= 11 is 0. The number of rotatable bonds is 0. The van der Waals surface area contributed by atoms with Gasteiger partial charge in [-0.2, -0.15) is 0 Å². The first-order valence-electron chi connectivity index (χ1n) is 4.88. The van der Waals surface area contributed by atoms with E-state index >= 15 is 0 Å². The zero-order chi connectivity index (χ0) is 8.60. The van der Waals surface area contributed by atoms with Crippen molar-refractivity contribution in [2.45, 2.75) is 32.1 Å². The molecule has 70 valence electrons. The molecule has 0 aromatic heterocycles. The Hall–Kier alpha value is -0.0500. The first kappa shape index (κ1) is 8.54. The molecule has 1 saturated heterocycles. The van der Waals surface area contributed by atoms with Crippen LogP contribution in [0.4, 0.5) is 0 Å². The number of fused-ring (bicyclic) bond motifs is 1. The molecule has 2 fully saturated rings. The number of sulfone groups is 1. The van der Waals surface area contributed by atoms with Gasteiger partial charge in [0.1, 0.15) is 0 Å². The molecule has 1 aliphatic heterocycles. The lowest BCUT2D eigenvalue weighted by Gasteiger charge is -2.34. The molecule has 2 nitrogen and oxygen atoms in total. The first-order valence-corrected chi connectivity index (χ1v) is 6.70. The summed E-state index contributed by atoms with van der Waals surface area (Å²) in [6, 6.07) is 0. The number of hydrogen-bond acceptors (Lipinski definition) is 2. The van der Waals surface area contributed by atoms with E-state index in [9.17, 15) is 8.42 Å². The number of hydrogen-bond donors (Lipinski definition) is 0. The second kappa shape index (κ2) is 3.02. The van der Waals surface area contributed by atoms with Crippen molar-refractivity contribution < 1.29 is 8.42 Å². The minimum absolute atomic E-state index is 0.453. The van der Waals surface area contributed by atoms with Crippen molar-refractivity contribution in [1.82, 2.24) is 0 Å².